The number of carbonyl (C=O) groups excluding carboxylic acids is 1. The summed E-state index contributed by atoms with van der Waals surface area (Å²) in [5.41, 5.74) is 3.91. The fraction of sp³-hybridized carbons (Fsp3) is 0.240. The quantitative estimate of drug-likeness (QED) is 0.389. The number of halogens is 1. The van der Waals surface area contributed by atoms with Crippen LogP contribution in [0.1, 0.15) is 19.4 Å². The Kier molecular flexibility index (Phi) is 6.12. The number of para-hydroxylation sites is 1. The van der Waals surface area contributed by atoms with Gasteiger partial charge in [-0.15, -0.1) is 0 Å². The van der Waals surface area contributed by atoms with Gasteiger partial charge in [0, 0.05) is 39.1 Å². The molecule has 172 valence electrons. The average Bonchev–Trinajstić information content (AvgIpc) is 3.08. The molecular formula is C25H26ClN3O3S. The smallest absolute Gasteiger partial charge is 0.247 e. The summed E-state index contributed by atoms with van der Waals surface area (Å²) >= 11 is 6.12. The van der Waals surface area contributed by atoms with Crippen LogP contribution in [0, 0.1) is 6.92 Å². The number of carbonyl (C=O) groups is 1. The fourth-order valence-corrected chi connectivity index (χ4v) is 5.71. The average molecular weight is 484 g/mol. The van der Waals surface area contributed by atoms with Crippen LogP contribution in [0.2, 0.25) is 5.02 Å². The monoisotopic (exact) mass is 483 g/mol. The van der Waals surface area contributed by atoms with E-state index in [2.05, 4.69) is 28.9 Å². The number of nitrogens with one attached hydrogen (secondary N) is 1. The molecule has 1 atom stereocenters. The van der Waals surface area contributed by atoms with Gasteiger partial charge in [0.15, 0.2) is 0 Å². The van der Waals surface area contributed by atoms with Gasteiger partial charge in [0.1, 0.15) is 6.04 Å². The molecule has 0 spiro atoms. The molecule has 8 heteroatoms. The second-order valence-electron chi connectivity index (χ2n) is 8.15. The molecule has 33 heavy (non-hydrogen) atoms. The van der Waals surface area contributed by atoms with Crippen LogP contribution in [0.15, 0.2) is 60.7 Å². The lowest BCUT2D eigenvalue weighted by Crippen LogP contribution is -2.45. The molecule has 0 saturated carbocycles. The first kappa shape index (κ1) is 23.1. The van der Waals surface area contributed by atoms with E-state index in [4.69, 9.17) is 11.6 Å². The number of hydrogen-bond acceptors (Lipinski definition) is 3. The number of benzene rings is 3. The highest BCUT2D eigenvalue weighted by atomic mass is 35.5. The number of nitrogens with zero attached hydrogens (tertiary/aromatic N) is 2. The normalized spacial score (nSPS) is 12.8. The molecule has 4 rings (SSSR count). The molecule has 0 radical (unpaired) electrons. The number of rotatable bonds is 6. The van der Waals surface area contributed by atoms with Gasteiger partial charge in [0.05, 0.1) is 11.9 Å². The van der Waals surface area contributed by atoms with E-state index in [9.17, 15) is 13.2 Å². The Morgan fingerprint density at radius 1 is 1.06 bits per heavy atom. The number of sulfonamides is 1. The van der Waals surface area contributed by atoms with Gasteiger partial charge in [-0.3, -0.25) is 9.10 Å². The van der Waals surface area contributed by atoms with Crippen LogP contribution in [0.3, 0.4) is 0 Å². The first-order valence-corrected chi connectivity index (χ1v) is 12.9. The summed E-state index contributed by atoms with van der Waals surface area (Å²) in [4.78, 5) is 13.2. The summed E-state index contributed by atoms with van der Waals surface area (Å²) in [7, 11) is -3.75. The van der Waals surface area contributed by atoms with Crippen molar-refractivity contribution < 1.29 is 13.2 Å². The molecule has 0 fully saturated rings. The van der Waals surface area contributed by atoms with Crippen LogP contribution < -0.4 is 9.62 Å². The largest absolute Gasteiger partial charge is 0.341 e. The summed E-state index contributed by atoms with van der Waals surface area (Å²) in [6.07, 6.45) is 1.09. The fourth-order valence-electron chi connectivity index (χ4n) is 4.32. The van der Waals surface area contributed by atoms with Gasteiger partial charge in [-0.25, -0.2) is 8.42 Å². The van der Waals surface area contributed by atoms with Gasteiger partial charge in [-0.2, -0.15) is 0 Å². The number of fused-ring (bicyclic) bond motifs is 3. The van der Waals surface area contributed by atoms with Crippen molar-refractivity contribution in [2.75, 3.05) is 15.9 Å². The van der Waals surface area contributed by atoms with E-state index in [1.807, 2.05) is 30.3 Å². The van der Waals surface area contributed by atoms with Crippen LogP contribution >= 0.6 is 11.6 Å². The van der Waals surface area contributed by atoms with E-state index in [0.717, 1.165) is 38.9 Å². The zero-order chi connectivity index (χ0) is 23.9. The van der Waals surface area contributed by atoms with Crippen LogP contribution in [0.4, 0.5) is 11.4 Å². The van der Waals surface area contributed by atoms with Crippen molar-refractivity contribution in [2.45, 2.75) is 33.4 Å². The maximum atomic E-state index is 13.2. The predicted octanol–water partition coefficient (Wildman–Crippen LogP) is 5.57. The van der Waals surface area contributed by atoms with Gasteiger partial charge in [-0.1, -0.05) is 35.9 Å². The lowest BCUT2D eigenvalue weighted by Gasteiger charge is -2.29. The Bertz CT molecular complexity index is 1480. The van der Waals surface area contributed by atoms with Crippen molar-refractivity contribution in [2.24, 2.45) is 0 Å². The zero-order valence-corrected chi connectivity index (χ0v) is 20.5. The van der Waals surface area contributed by atoms with E-state index in [0.29, 0.717) is 22.0 Å². The predicted molar refractivity (Wildman–Crippen MR) is 137 cm³/mol. The van der Waals surface area contributed by atoms with E-state index in [-0.39, 0.29) is 0 Å². The van der Waals surface area contributed by atoms with Crippen molar-refractivity contribution >= 4 is 60.7 Å². The summed E-state index contributed by atoms with van der Waals surface area (Å²) < 4.78 is 28.6. The Labute approximate surface area is 198 Å². The molecule has 0 aliphatic rings. The van der Waals surface area contributed by atoms with Gasteiger partial charge in [0.2, 0.25) is 15.9 Å². The third-order valence-electron chi connectivity index (χ3n) is 5.85. The molecule has 0 bridgehead atoms. The molecule has 1 N–H and O–H groups in total. The number of hydrogen-bond donors (Lipinski definition) is 1. The third-order valence-corrected chi connectivity index (χ3v) is 7.32. The molecule has 4 aromatic rings. The van der Waals surface area contributed by atoms with Crippen molar-refractivity contribution in [1.82, 2.24) is 4.57 Å². The lowest BCUT2D eigenvalue weighted by atomic mass is 10.1. The number of aryl methyl sites for hydroxylation is 2. The van der Waals surface area contributed by atoms with Crippen molar-refractivity contribution in [3.63, 3.8) is 0 Å². The minimum atomic E-state index is -3.75. The topological polar surface area (TPSA) is 71.4 Å². The number of amides is 1. The van der Waals surface area contributed by atoms with Gasteiger partial charge < -0.3 is 9.88 Å². The Morgan fingerprint density at radius 2 is 1.76 bits per heavy atom. The number of anilines is 2. The Morgan fingerprint density at radius 3 is 2.45 bits per heavy atom. The van der Waals surface area contributed by atoms with Crippen LogP contribution in [-0.2, 0) is 21.4 Å². The van der Waals surface area contributed by atoms with Crippen molar-refractivity contribution in [3.8, 4) is 0 Å². The summed E-state index contributed by atoms with van der Waals surface area (Å²) in [6.45, 7) is 6.28. The van der Waals surface area contributed by atoms with E-state index >= 15 is 0 Å². The molecule has 3 aromatic carbocycles. The molecule has 1 aromatic heterocycles. The minimum absolute atomic E-state index is 0.383. The second kappa shape index (κ2) is 8.72. The van der Waals surface area contributed by atoms with Crippen LogP contribution in [0.5, 0.6) is 0 Å². The molecule has 0 saturated heterocycles. The summed E-state index contributed by atoms with van der Waals surface area (Å²) in [5.74, 6) is -0.432. The van der Waals surface area contributed by atoms with E-state index in [1.165, 1.54) is 0 Å². The molecule has 0 aliphatic carbocycles. The standard InChI is InChI=1S/C25H26ClN3O3S/c1-5-28-22-9-7-6-8-20(22)21-15-19(12-13-23(21)28)27-25(30)17(3)29(33(4,31)32)24-14-18(26)11-10-16(24)2/h6-15,17H,5H2,1-4H3,(H,27,30). The third kappa shape index (κ3) is 4.30. The maximum Gasteiger partial charge on any atom is 0.247 e. The number of aromatic nitrogens is 1. The van der Waals surface area contributed by atoms with Crippen molar-refractivity contribution in [3.05, 3.63) is 71.2 Å². The van der Waals surface area contributed by atoms with E-state index < -0.39 is 22.0 Å². The first-order chi connectivity index (χ1) is 15.6. The second-order valence-corrected chi connectivity index (χ2v) is 10.4. The summed E-state index contributed by atoms with van der Waals surface area (Å²) in [5, 5.41) is 5.43. The molecular weight excluding hydrogens is 458 g/mol. The van der Waals surface area contributed by atoms with Crippen LogP contribution in [-0.4, -0.2) is 31.2 Å². The molecule has 1 heterocycles. The Balaban J connectivity index is 1.70. The zero-order valence-electron chi connectivity index (χ0n) is 19.0. The Hall–Kier alpha value is -3.03. The molecule has 1 amide bonds. The SMILES string of the molecule is CCn1c2ccccc2c2cc(NC(=O)C(C)N(c3cc(Cl)ccc3C)S(C)(=O)=O)ccc21. The van der Waals surface area contributed by atoms with Gasteiger partial charge >= 0.3 is 0 Å². The van der Waals surface area contributed by atoms with E-state index in [1.54, 1.807) is 32.0 Å². The summed E-state index contributed by atoms with van der Waals surface area (Å²) in [6, 6.07) is 17.9. The highest BCUT2D eigenvalue weighted by Gasteiger charge is 2.30. The maximum absolute atomic E-state index is 13.2. The molecule has 6 nitrogen and oxygen atoms in total. The molecule has 1 unspecified atom stereocenters. The lowest BCUT2D eigenvalue weighted by molar-refractivity contribution is -0.116. The highest BCUT2D eigenvalue weighted by Crippen LogP contribution is 2.32. The highest BCUT2D eigenvalue weighted by molar-refractivity contribution is 7.92. The van der Waals surface area contributed by atoms with Crippen molar-refractivity contribution in [1.29, 1.82) is 0 Å². The van der Waals surface area contributed by atoms with Gasteiger partial charge in [-0.05, 0) is 62.7 Å². The van der Waals surface area contributed by atoms with Gasteiger partial charge in [0.25, 0.3) is 0 Å². The first-order valence-electron chi connectivity index (χ1n) is 10.7. The van der Waals surface area contributed by atoms with Crippen LogP contribution in [0.25, 0.3) is 21.8 Å². The molecule has 0 aliphatic heterocycles. The minimum Gasteiger partial charge on any atom is -0.341 e.